The highest BCUT2D eigenvalue weighted by molar-refractivity contribution is 5.97. The van der Waals surface area contributed by atoms with Crippen LogP contribution in [0.5, 0.6) is 0 Å². The zero-order chi connectivity index (χ0) is 14.4. The molecular formula is C16H18FNO2. The summed E-state index contributed by atoms with van der Waals surface area (Å²) >= 11 is 0. The molecule has 2 rings (SSSR count). The average molecular weight is 275 g/mol. The van der Waals surface area contributed by atoms with Crippen LogP contribution in [0, 0.1) is 17.7 Å². The van der Waals surface area contributed by atoms with Crippen molar-refractivity contribution >= 4 is 5.91 Å². The van der Waals surface area contributed by atoms with Crippen LogP contribution < -0.4 is 5.32 Å². The van der Waals surface area contributed by atoms with Gasteiger partial charge in [0.25, 0.3) is 5.91 Å². The summed E-state index contributed by atoms with van der Waals surface area (Å²) in [6.07, 6.45) is 4.54. The minimum atomic E-state index is -0.450. The molecule has 2 N–H and O–H groups in total. The van der Waals surface area contributed by atoms with Crippen molar-refractivity contribution < 1.29 is 14.3 Å². The highest BCUT2D eigenvalue weighted by Gasteiger charge is 2.19. The summed E-state index contributed by atoms with van der Waals surface area (Å²) in [5, 5.41) is 11.6. The van der Waals surface area contributed by atoms with Gasteiger partial charge in [0.1, 0.15) is 5.82 Å². The second-order valence-corrected chi connectivity index (χ2v) is 4.92. The van der Waals surface area contributed by atoms with Crippen LogP contribution >= 0.6 is 0 Å². The first-order chi connectivity index (χ1) is 9.70. The van der Waals surface area contributed by atoms with Crippen LogP contribution in [0.1, 0.15) is 48.0 Å². The van der Waals surface area contributed by atoms with Crippen LogP contribution in [-0.2, 0) is 0 Å². The number of nitrogens with one attached hydrogen (secondary N) is 1. The van der Waals surface area contributed by atoms with E-state index in [4.69, 9.17) is 5.11 Å². The van der Waals surface area contributed by atoms with E-state index in [1.165, 1.54) is 18.2 Å². The standard InChI is InChI=1S/C16H18FNO2/c17-13-9-8-12(5-3-4-10-19)15(11-13)16(20)18-14-6-1-2-7-14/h8-9,11,14,19H,1-2,4,6-7,10H2,(H,18,20). The van der Waals surface area contributed by atoms with Crippen LogP contribution in [0.2, 0.25) is 0 Å². The van der Waals surface area contributed by atoms with Gasteiger partial charge in [-0.1, -0.05) is 24.7 Å². The van der Waals surface area contributed by atoms with Crippen molar-refractivity contribution in [2.45, 2.75) is 38.1 Å². The lowest BCUT2D eigenvalue weighted by molar-refractivity contribution is 0.0937. The molecule has 1 amide bonds. The lowest BCUT2D eigenvalue weighted by Gasteiger charge is -2.12. The second-order valence-electron chi connectivity index (χ2n) is 4.92. The molecule has 0 bridgehead atoms. The fourth-order valence-corrected chi connectivity index (χ4v) is 2.36. The van der Waals surface area contributed by atoms with Crippen LogP contribution in [0.15, 0.2) is 18.2 Å². The molecule has 1 aromatic carbocycles. The Bertz CT molecular complexity index is 539. The lowest BCUT2D eigenvalue weighted by atomic mass is 10.1. The molecule has 106 valence electrons. The third kappa shape index (κ3) is 3.82. The van der Waals surface area contributed by atoms with E-state index < -0.39 is 5.82 Å². The van der Waals surface area contributed by atoms with Crippen LogP contribution in [0.25, 0.3) is 0 Å². The number of halogens is 1. The van der Waals surface area contributed by atoms with Gasteiger partial charge in [0.15, 0.2) is 0 Å². The molecule has 0 saturated heterocycles. The summed E-state index contributed by atoms with van der Waals surface area (Å²) in [6.45, 7) is -0.0300. The van der Waals surface area contributed by atoms with Gasteiger partial charge in [0.05, 0.1) is 12.2 Å². The Labute approximate surface area is 118 Å². The molecule has 1 saturated carbocycles. The Balaban J connectivity index is 2.17. The molecule has 1 aliphatic rings. The molecule has 20 heavy (non-hydrogen) atoms. The quantitative estimate of drug-likeness (QED) is 0.831. The molecule has 1 aromatic rings. The van der Waals surface area contributed by atoms with Crippen molar-refractivity contribution in [1.29, 1.82) is 0 Å². The van der Waals surface area contributed by atoms with E-state index in [1.54, 1.807) is 0 Å². The van der Waals surface area contributed by atoms with Crippen molar-refractivity contribution in [2.75, 3.05) is 6.61 Å². The highest BCUT2D eigenvalue weighted by atomic mass is 19.1. The van der Waals surface area contributed by atoms with Crippen molar-refractivity contribution in [3.8, 4) is 11.8 Å². The summed E-state index contributed by atoms with van der Waals surface area (Å²) in [5.41, 5.74) is 0.762. The van der Waals surface area contributed by atoms with Crippen molar-refractivity contribution in [2.24, 2.45) is 0 Å². The van der Waals surface area contributed by atoms with Gasteiger partial charge in [-0.25, -0.2) is 4.39 Å². The molecule has 0 aliphatic heterocycles. The number of rotatable bonds is 3. The Morgan fingerprint density at radius 2 is 2.15 bits per heavy atom. The molecule has 1 aliphatic carbocycles. The number of hydrogen-bond acceptors (Lipinski definition) is 2. The van der Waals surface area contributed by atoms with Gasteiger partial charge < -0.3 is 10.4 Å². The Kier molecular flexibility index (Phi) is 5.14. The molecule has 0 aromatic heterocycles. The van der Waals surface area contributed by atoms with E-state index in [0.717, 1.165) is 25.7 Å². The van der Waals surface area contributed by atoms with E-state index >= 15 is 0 Å². The van der Waals surface area contributed by atoms with Crippen LogP contribution in [-0.4, -0.2) is 23.7 Å². The Morgan fingerprint density at radius 1 is 1.40 bits per heavy atom. The van der Waals surface area contributed by atoms with Gasteiger partial charge >= 0.3 is 0 Å². The highest BCUT2D eigenvalue weighted by Crippen LogP contribution is 2.19. The average Bonchev–Trinajstić information content (AvgIpc) is 2.93. The summed E-state index contributed by atoms with van der Waals surface area (Å²) in [4.78, 5) is 12.2. The van der Waals surface area contributed by atoms with Gasteiger partial charge in [-0.3, -0.25) is 4.79 Å². The van der Waals surface area contributed by atoms with Crippen molar-refractivity contribution in [3.63, 3.8) is 0 Å². The van der Waals surface area contributed by atoms with Gasteiger partial charge in [-0.05, 0) is 31.0 Å². The smallest absolute Gasteiger partial charge is 0.252 e. The largest absolute Gasteiger partial charge is 0.395 e. The maximum absolute atomic E-state index is 13.3. The number of aliphatic hydroxyl groups is 1. The summed E-state index contributed by atoms with van der Waals surface area (Å²) in [7, 11) is 0. The van der Waals surface area contributed by atoms with Gasteiger partial charge in [-0.2, -0.15) is 0 Å². The first kappa shape index (κ1) is 14.5. The first-order valence-electron chi connectivity index (χ1n) is 6.91. The second kappa shape index (κ2) is 7.06. The number of carbonyl (C=O) groups excluding carboxylic acids is 1. The predicted octanol–water partition coefficient (Wildman–Crippen LogP) is 2.23. The number of carbonyl (C=O) groups is 1. The molecule has 0 unspecified atom stereocenters. The lowest BCUT2D eigenvalue weighted by Crippen LogP contribution is -2.33. The Hall–Kier alpha value is -1.86. The Morgan fingerprint density at radius 3 is 2.85 bits per heavy atom. The SMILES string of the molecule is O=C(NC1CCCC1)c1cc(F)ccc1C#CCCO. The monoisotopic (exact) mass is 275 g/mol. The first-order valence-corrected chi connectivity index (χ1v) is 6.91. The molecular weight excluding hydrogens is 257 g/mol. The maximum atomic E-state index is 13.3. The zero-order valence-electron chi connectivity index (χ0n) is 11.3. The van der Waals surface area contributed by atoms with Crippen molar-refractivity contribution in [1.82, 2.24) is 5.32 Å². The van der Waals surface area contributed by atoms with E-state index in [1.807, 2.05) is 0 Å². The van der Waals surface area contributed by atoms with Crippen LogP contribution in [0.3, 0.4) is 0 Å². The number of benzene rings is 1. The molecule has 0 spiro atoms. The van der Waals surface area contributed by atoms with E-state index in [0.29, 0.717) is 12.0 Å². The molecule has 1 fully saturated rings. The fourth-order valence-electron chi connectivity index (χ4n) is 2.36. The normalized spacial score (nSPS) is 14.7. The topological polar surface area (TPSA) is 49.3 Å². The minimum absolute atomic E-state index is 0.0300. The summed E-state index contributed by atoms with van der Waals surface area (Å²) in [6, 6.07) is 4.19. The van der Waals surface area contributed by atoms with Crippen LogP contribution in [0.4, 0.5) is 4.39 Å². The third-order valence-electron chi connectivity index (χ3n) is 3.38. The predicted molar refractivity (Wildman–Crippen MR) is 74.7 cm³/mol. The molecule has 0 radical (unpaired) electrons. The minimum Gasteiger partial charge on any atom is -0.395 e. The fraction of sp³-hybridized carbons (Fsp3) is 0.438. The number of aliphatic hydroxyl groups excluding tert-OH is 1. The molecule has 0 heterocycles. The number of amides is 1. The van der Waals surface area contributed by atoms with Crippen molar-refractivity contribution in [3.05, 3.63) is 35.1 Å². The molecule has 3 nitrogen and oxygen atoms in total. The van der Waals surface area contributed by atoms with E-state index in [-0.39, 0.29) is 24.1 Å². The van der Waals surface area contributed by atoms with Gasteiger partial charge in [0, 0.05) is 18.0 Å². The van der Waals surface area contributed by atoms with Gasteiger partial charge in [-0.15, -0.1) is 0 Å². The molecule has 4 heteroatoms. The zero-order valence-corrected chi connectivity index (χ0v) is 11.3. The number of hydrogen-bond donors (Lipinski definition) is 2. The maximum Gasteiger partial charge on any atom is 0.252 e. The van der Waals surface area contributed by atoms with E-state index in [9.17, 15) is 9.18 Å². The summed E-state index contributed by atoms with van der Waals surface area (Å²) < 4.78 is 13.3. The van der Waals surface area contributed by atoms with Gasteiger partial charge in [0.2, 0.25) is 0 Å². The molecule has 0 atom stereocenters. The summed E-state index contributed by atoms with van der Waals surface area (Å²) in [5.74, 6) is 4.84. The third-order valence-corrected chi connectivity index (χ3v) is 3.38. The van der Waals surface area contributed by atoms with E-state index in [2.05, 4.69) is 17.2 Å².